The number of guanidine groups is 2. The van der Waals surface area contributed by atoms with Crippen molar-refractivity contribution in [3.8, 4) is 5.75 Å². The van der Waals surface area contributed by atoms with Crippen molar-refractivity contribution in [2.24, 2.45) is 40.7 Å². The Morgan fingerprint density at radius 1 is 0.526 bits per heavy atom. The van der Waals surface area contributed by atoms with Crippen LogP contribution < -0.4 is 86.7 Å². The molecule has 0 aliphatic heterocycles. The van der Waals surface area contributed by atoms with Crippen LogP contribution in [0.1, 0.15) is 150 Å². The van der Waals surface area contributed by atoms with Crippen LogP contribution in [0.25, 0.3) is 0 Å². The van der Waals surface area contributed by atoms with Gasteiger partial charge in [0.1, 0.15) is 66.2 Å². The number of unbranched alkanes of at least 4 members (excludes halogenated alkanes) is 1. The molecule has 1 aliphatic rings. The van der Waals surface area contributed by atoms with Crippen LogP contribution in [0, 0.1) is 28.6 Å². The van der Waals surface area contributed by atoms with E-state index in [1.165, 1.54) is 49.9 Å². The van der Waals surface area contributed by atoms with Gasteiger partial charge < -0.3 is 102 Å². The number of aromatic hydroxyl groups is 1. The molecule has 0 spiro atoms. The van der Waals surface area contributed by atoms with Gasteiger partial charge in [0, 0.05) is 26.4 Å². The van der Waals surface area contributed by atoms with Gasteiger partial charge in [-0.25, -0.2) is 0 Å². The Kier molecular flexibility index (Phi) is 39.0. The van der Waals surface area contributed by atoms with Gasteiger partial charge in [0.15, 0.2) is 11.9 Å². The molecule has 0 radical (unpaired) electrons. The Bertz CT molecular complexity index is 2670. The Balaban J connectivity index is 2.53. The SMILES string of the molecule is CSCC[C@H](NC(=O)[C@H](CO)NC(=O)[C@H](CC1CCCCC1)NC(=O)[C@H](CC(C)C)NC(C)=O)C(=O)N[C@H](C(=O)N[C@@H](CCCNC(=N)N)C(=O)N[C@@H](CCCCN)C(=O)N[C@@H](Cc1ccc(O)cc1)C(=O)N[C@@H](CCCNC(=N)N)C(=O)N[C@@H](CC(C)C)C(N)=O)[C@@H](C)O. The highest BCUT2D eigenvalue weighted by Crippen LogP contribution is 2.28. The van der Waals surface area contributed by atoms with Crippen LogP contribution in [0.15, 0.2) is 24.3 Å². The first-order valence-corrected chi connectivity index (χ1v) is 34.0. The molecule has 0 unspecified atom stereocenters. The van der Waals surface area contributed by atoms with Gasteiger partial charge in [-0.05, 0) is 132 Å². The van der Waals surface area contributed by atoms with Crippen molar-refractivity contribution in [2.75, 3.05) is 38.2 Å². The van der Waals surface area contributed by atoms with Crippen molar-refractivity contribution >= 4 is 88.7 Å². The second-order valence-corrected chi connectivity index (χ2v) is 25.9. The number of aliphatic hydroxyl groups excluding tert-OH is 2. The molecule has 32 nitrogen and oxygen atoms in total. The molecule has 11 amide bonds. The van der Waals surface area contributed by atoms with E-state index in [1.54, 1.807) is 6.26 Å². The summed E-state index contributed by atoms with van der Waals surface area (Å²) >= 11 is 1.30. The summed E-state index contributed by atoms with van der Waals surface area (Å²) in [6.07, 6.45) is 5.41. The molecule has 1 fully saturated rings. The van der Waals surface area contributed by atoms with E-state index >= 15 is 0 Å². The number of phenolic OH excluding ortho intramolecular Hbond substituents is 1. The number of hydrogen-bond acceptors (Lipinski definition) is 18. The predicted octanol–water partition coefficient (Wildman–Crippen LogP) is -2.87. The molecule has 1 saturated carbocycles. The van der Waals surface area contributed by atoms with Crippen molar-refractivity contribution in [1.29, 1.82) is 10.8 Å². The summed E-state index contributed by atoms with van der Waals surface area (Å²) in [5, 5.41) is 78.2. The van der Waals surface area contributed by atoms with E-state index in [0.29, 0.717) is 12.0 Å². The Hall–Kier alpha value is -8.04. The lowest BCUT2D eigenvalue weighted by Gasteiger charge is -2.30. The van der Waals surface area contributed by atoms with E-state index in [2.05, 4.69) is 63.8 Å². The van der Waals surface area contributed by atoms with Crippen LogP contribution >= 0.6 is 11.8 Å². The van der Waals surface area contributed by atoms with Crippen molar-refractivity contribution in [3.63, 3.8) is 0 Å². The molecule has 0 aromatic heterocycles. The van der Waals surface area contributed by atoms with E-state index in [-0.39, 0.29) is 125 Å². The monoisotopic (exact) mass is 1360 g/mol. The van der Waals surface area contributed by atoms with Crippen LogP contribution in [0.5, 0.6) is 5.75 Å². The highest BCUT2D eigenvalue weighted by Gasteiger charge is 2.38. The Labute approximate surface area is 560 Å². The minimum absolute atomic E-state index is 0.00971. The third-order valence-corrected chi connectivity index (χ3v) is 16.3. The van der Waals surface area contributed by atoms with Gasteiger partial charge in [-0.15, -0.1) is 0 Å². The zero-order valence-electron chi connectivity index (χ0n) is 56.0. The van der Waals surface area contributed by atoms with E-state index in [9.17, 15) is 68.1 Å². The maximum atomic E-state index is 14.6. The van der Waals surface area contributed by atoms with Crippen LogP contribution in [0.2, 0.25) is 0 Å². The lowest BCUT2D eigenvalue weighted by atomic mass is 9.84. The number of primary amides is 1. The van der Waals surface area contributed by atoms with Gasteiger partial charge >= 0.3 is 0 Å². The molecule has 25 N–H and O–H groups in total. The van der Waals surface area contributed by atoms with E-state index < -0.39 is 144 Å². The number of carbonyl (C=O) groups is 11. The number of nitrogens with one attached hydrogen (secondary N) is 14. The number of rotatable bonds is 45. The first-order chi connectivity index (χ1) is 44.9. The number of thioether (sulfide) groups is 1. The van der Waals surface area contributed by atoms with Gasteiger partial charge in [0.05, 0.1) is 12.7 Å². The standard InChI is InChI=1S/C62H108N18O14S/c1-34(2)29-45(51(64)85)76-53(87)42(18-13-26-69-61(65)66)73-57(91)48(32-39-20-22-40(84)23-21-39)77-54(88)41(17-11-12-25-63)72-52(86)43(19-14-27-70-62(67)68)75-60(94)50(36(5)82)80-55(89)44(24-28-95-7)74-59(93)49(33-81)79-58(92)47(31-38-15-9-8-10-16-38)78-56(90)46(30-35(3)4)71-37(6)83/h20-23,34-36,38,41-50,81-82,84H,8-19,24-33,63H2,1-7H3,(H2,64,85)(H,71,83)(H,72,86)(H,73,91)(H,74,93)(H,75,94)(H,76,87)(H,77,88)(H,78,90)(H,79,92)(H,80,89)(H4,65,66,69)(H4,67,68,70)/t36-,41+,42+,43+,44+,45+,46+,47+,48+,49+,50+/m1/s1. The van der Waals surface area contributed by atoms with E-state index in [1.807, 2.05) is 27.7 Å². The molecule has 1 aromatic rings. The normalized spacial score (nSPS) is 15.8. The average molecular weight is 1360 g/mol. The first-order valence-electron chi connectivity index (χ1n) is 32.6. The summed E-state index contributed by atoms with van der Waals surface area (Å²) in [5.74, 6) is -9.88. The number of benzene rings is 1. The first kappa shape index (κ1) is 83.1. The van der Waals surface area contributed by atoms with Crippen LogP contribution in [0.4, 0.5) is 0 Å². The molecule has 0 saturated heterocycles. The number of carbonyl (C=O) groups excluding carboxylic acids is 11. The number of phenols is 1. The van der Waals surface area contributed by atoms with Gasteiger partial charge in [-0.2, -0.15) is 11.8 Å². The smallest absolute Gasteiger partial charge is 0.245 e. The number of nitrogens with two attached hydrogens (primary N) is 4. The number of amides is 11. The number of aliphatic hydroxyl groups is 2. The fourth-order valence-corrected chi connectivity index (χ4v) is 11.1. The minimum Gasteiger partial charge on any atom is -0.508 e. The average Bonchev–Trinajstić information content (AvgIpc) is 1.07. The molecule has 1 aliphatic carbocycles. The highest BCUT2D eigenvalue weighted by molar-refractivity contribution is 7.98. The molecular formula is C62H108N18O14S. The molecular weight excluding hydrogens is 1250 g/mol. The van der Waals surface area contributed by atoms with E-state index in [4.69, 9.17) is 33.8 Å². The fourth-order valence-electron chi connectivity index (χ4n) is 10.6. The second-order valence-electron chi connectivity index (χ2n) is 25.0. The maximum absolute atomic E-state index is 14.6. The van der Waals surface area contributed by atoms with Gasteiger partial charge in [-0.3, -0.25) is 63.6 Å². The summed E-state index contributed by atoms with van der Waals surface area (Å²) in [6.45, 7) is 9.20. The molecule has 536 valence electrons. The molecule has 1 aromatic carbocycles. The molecule has 11 atom stereocenters. The van der Waals surface area contributed by atoms with Crippen molar-refractivity contribution < 1.29 is 68.1 Å². The van der Waals surface area contributed by atoms with Crippen molar-refractivity contribution in [1.82, 2.24) is 63.8 Å². The Morgan fingerprint density at radius 2 is 0.937 bits per heavy atom. The summed E-state index contributed by atoms with van der Waals surface area (Å²) in [6, 6.07) is -8.26. The molecule has 0 bridgehead atoms. The molecule has 95 heavy (non-hydrogen) atoms. The molecule has 0 heterocycles. The van der Waals surface area contributed by atoms with Crippen LogP contribution in [0.3, 0.4) is 0 Å². The highest BCUT2D eigenvalue weighted by atomic mass is 32.2. The minimum atomic E-state index is -1.81. The summed E-state index contributed by atoms with van der Waals surface area (Å²) < 4.78 is 0. The molecule has 2 rings (SSSR count). The third kappa shape index (κ3) is 33.3. The topological polar surface area (TPSA) is 545 Å². The maximum Gasteiger partial charge on any atom is 0.245 e. The quantitative estimate of drug-likeness (QED) is 0.0177. The van der Waals surface area contributed by atoms with Gasteiger partial charge in [-0.1, -0.05) is 71.9 Å². The van der Waals surface area contributed by atoms with Crippen LogP contribution in [-0.2, 0) is 59.2 Å². The lowest BCUT2D eigenvalue weighted by molar-refractivity contribution is -0.137. The zero-order valence-corrected chi connectivity index (χ0v) is 56.8. The lowest BCUT2D eigenvalue weighted by Crippen LogP contribution is -2.62. The van der Waals surface area contributed by atoms with Crippen molar-refractivity contribution in [2.45, 2.75) is 217 Å². The predicted molar refractivity (Wildman–Crippen MR) is 359 cm³/mol. The van der Waals surface area contributed by atoms with E-state index in [0.717, 1.165) is 32.1 Å². The Morgan fingerprint density at radius 3 is 1.40 bits per heavy atom. The summed E-state index contributed by atoms with van der Waals surface area (Å²) in [5.41, 5.74) is 22.9. The second kappa shape index (κ2) is 44.6. The summed E-state index contributed by atoms with van der Waals surface area (Å²) in [4.78, 5) is 153. The summed E-state index contributed by atoms with van der Waals surface area (Å²) in [7, 11) is 0. The van der Waals surface area contributed by atoms with Gasteiger partial charge in [0.25, 0.3) is 0 Å². The van der Waals surface area contributed by atoms with Crippen LogP contribution in [-0.4, -0.2) is 197 Å². The fraction of sp³-hybridized carbons (Fsp3) is 0.694. The zero-order chi connectivity index (χ0) is 71.3. The van der Waals surface area contributed by atoms with Crippen molar-refractivity contribution in [3.05, 3.63) is 29.8 Å². The number of hydrogen-bond donors (Lipinski definition) is 21. The molecule has 33 heteroatoms. The largest absolute Gasteiger partial charge is 0.508 e. The third-order valence-electron chi connectivity index (χ3n) is 15.6. The van der Waals surface area contributed by atoms with Gasteiger partial charge in [0.2, 0.25) is 65.0 Å².